The molecule has 0 bridgehead atoms. The summed E-state index contributed by atoms with van der Waals surface area (Å²) in [5.74, 6) is 1.58. The summed E-state index contributed by atoms with van der Waals surface area (Å²) in [6.45, 7) is 21.9. The molecule has 333 valence electrons. The van der Waals surface area contributed by atoms with Gasteiger partial charge in [-0.25, -0.2) is 0 Å². The molecule has 2 aromatic rings. The van der Waals surface area contributed by atoms with Crippen molar-refractivity contribution in [1.82, 2.24) is 4.90 Å². The molecule has 4 aliphatic rings. The number of benzene rings is 2. The Bertz CT molecular complexity index is 1850. The van der Waals surface area contributed by atoms with E-state index in [-0.39, 0.29) is 49.4 Å². The Morgan fingerprint density at radius 1 is 0.575 bits per heavy atom. The number of nitrogens with zero attached hydrogens (tertiary/aromatic N) is 1. The average Bonchev–Trinajstić information content (AvgIpc) is 4.05. The lowest BCUT2D eigenvalue weighted by Gasteiger charge is -2.48. The van der Waals surface area contributed by atoms with Crippen molar-refractivity contribution < 1.29 is 42.7 Å². The number of morpholine rings is 1. The first-order valence-corrected chi connectivity index (χ1v) is 25.1. The zero-order valence-corrected chi connectivity index (χ0v) is 44.3. The van der Waals surface area contributed by atoms with E-state index < -0.39 is 82.7 Å². The molecular formula is C34H51B29NO9. The number of ether oxygens (including phenoxy) is 4. The lowest BCUT2D eigenvalue weighted by atomic mass is 8.33. The maximum atomic E-state index is 10.2. The summed E-state index contributed by atoms with van der Waals surface area (Å²) in [7, 11) is 83.8. The molecule has 4 fully saturated rings. The van der Waals surface area contributed by atoms with Crippen LogP contribution >= 0.6 is 0 Å². The largest absolute Gasteiger partial charge is 0.494 e. The molecule has 73 heavy (non-hydrogen) atoms. The molecule has 0 aliphatic carbocycles. The van der Waals surface area contributed by atoms with Crippen LogP contribution in [0.25, 0.3) is 0 Å². The first-order valence-electron chi connectivity index (χ1n) is 25.1. The van der Waals surface area contributed by atoms with Gasteiger partial charge in [0.2, 0.25) is 0 Å². The summed E-state index contributed by atoms with van der Waals surface area (Å²) in [6, 6.07) is 15.6. The van der Waals surface area contributed by atoms with Crippen LogP contribution in [-0.4, -0.2) is 304 Å². The normalized spacial score (nSPS) is 19.2. The molecule has 0 saturated carbocycles. The van der Waals surface area contributed by atoms with Crippen LogP contribution in [0.15, 0.2) is 48.5 Å². The number of aliphatic hydroxyl groups is 1. The number of aliphatic hydroxyl groups excluding tert-OH is 1. The minimum absolute atomic E-state index is 0.271. The first kappa shape index (κ1) is 65.1. The van der Waals surface area contributed by atoms with Gasteiger partial charge in [0.05, 0.1) is 42.2 Å². The van der Waals surface area contributed by atoms with Crippen molar-refractivity contribution in [3.63, 3.8) is 0 Å². The van der Waals surface area contributed by atoms with Gasteiger partial charge >= 0.3 is 14.2 Å². The molecule has 39 heteroatoms. The Kier molecular flexibility index (Phi) is 25.6. The van der Waals surface area contributed by atoms with Crippen LogP contribution in [0.5, 0.6) is 11.5 Å². The van der Waals surface area contributed by atoms with Gasteiger partial charge in [-0.05, 0) is 90.6 Å². The smallest absolute Gasteiger partial charge is 0.491 e. The van der Waals surface area contributed by atoms with E-state index in [1.807, 2.05) is 76.2 Å². The maximum Gasteiger partial charge on any atom is 0.494 e. The Hall–Kier alpha value is -0.397. The second-order valence-electron chi connectivity index (χ2n) is 21.6. The first-order chi connectivity index (χ1) is 33.9. The monoisotopic (exact) mass is 937 g/mol. The third-order valence-corrected chi connectivity index (χ3v) is 14.8. The van der Waals surface area contributed by atoms with Crippen LogP contribution in [0.3, 0.4) is 0 Å². The standard InChI is InChI=1S/C19H30BNO5.C15H21BO4.B27/c1-18(2)19(3,4)26-20(25-18)15-5-7-17(8-6-15)24-14-16(22)13-21-9-11-23-12-10-21;1-14(2)15(3,4)20-16(19-14)11-5-7-12(8-6-11)17-9-13-10-18-13;1-15-22(14)26(23(16(2)3)17(4)5)27(24(18(6)7)19(8)9)25(20(10)11)21(12)13/h5-8,16,22H,9-14H2,1-4H3;5-8,13H,9-10H2,1-4H3;. The van der Waals surface area contributed by atoms with Gasteiger partial charge in [0.25, 0.3) is 0 Å². The molecule has 0 amide bonds. The van der Waals surface area contributed by atoms with Crippen molar-refractivity contribution in [2.45, 2.75) is 90.0 Å². The zero-order chi connectivity index (χ0) is 54.8. The van der Waals surface area contributed by atoms with Gasteiger partial charge in [0.1, 0.15) is 36.9 Å². The summed E-state index contributed by atoms with van der Waals surface area (Å²) in [4.78, 5) is 2.19. The summed E-state index contributed by atoms with van der Waals surface area (Å²) < 4.78 is 45.9. The van der Waals surface area contributed by atoms with Crippen molar-refractivity contribution in [2.75, 3.05) is 52.7 Å². The molecule has 29 radical (unpaired) electrons. The number of hydrogen-bond donors (Lipinski definition) is 1. The quantitative estimate of drug-likeness (QED) is 0.0908. The van der Waals surface area contributed by atoms with Gasteiger partial charge in [-0.2, -0.15) is 0 Å². The Morgan fingerprint density at radius 3 is 1.25 bits per heavy atom. The molecule has 2 aromatic carbocycles. The van der Waals surface area contributed by atoms with Gasteiger partial charge < -0.3 is 42.7 Å². The molecule has 0 aromatic heterocycles. The predicted molar refractivity (Wildman–Crippen MR) is 334 cm³/mol. The fraction of sp³-hybridized carbons (Fsp3) is 0.647. The van der Waals surface area contributed by atoms with Crippen LogP contribution < -0.4 is 20.4 Å². The molecular weight excluding hydrogens is 880 g/mol. The Labute approximate surface area is 464 Å². The summed E-state index contributed by atoms with van der Waals surface area (Å²) >= 11 is 0. The van der Waals surface area contributed by atoms with E-state index >= 15 is 0 Å². The molecule has 2 atom stereocenters. The second-order valence-corrected chi connectivity index (χ2v) is 21.6. The van der Waals surface area contributed by atoms with Gasteiger partial charge in [0.15, 0.2) is 0 Å². The lowest BCUT2D eigenvalue weighted by Crippen LogP contribution is -2.86. The highest BCUT2D eigenvalue weighted by molar-refractivity contribution is 8.25. The number of β-amino-alcohol motifs (C(OH)–C–C–N with tert-alkyl or cyclic N) is 1. The molecule has 2 unspecified atom stereocenters. The van der Waals surface area contributed by atoms with Crippen molar-refractivity contribution in [1.29, 1.82) is 0 Å². The van der Waals surface area contributed by atoms with Crippen LogP contribution in [0.1, 0.15) is 55.4 Å². The number of rotatable bonds is 22. The van der Waals surface area contributed by atoms with E-state index in [1.165, 1.54) is 7.06 Å². The van der Waals surface area contributed by atoms with Gasteiger partial charge in [-0.1, -0.05) is 24.3 Å². The van der Waals surface area contributed by atoms with Crippen molar-refractivity contribution in [3.05, 3.63) is 48.5 Å². The van der Waals surface area contributed by atoms with E-state index in [9.17, 15) is 5.11 Å². The van der Waals surface area contributed by atoms with E-state index in [2.05, 4.69) is 32.6 Å². The van der Waals surface area contributed by atoms with Gasteiger partial charge in [0, 0.05) is 212 Å². The third kappa shape index (κ3) is 18.6. The van der Waals surface area contributed by atoms with Gasteiger partial charge in [-0.15, -0.1) is 0 Å². The van der Waals surface area contributed by atoms with Crippen LogP contribution in [0, 0.1) is 0 Å². The van der Waals surface area contributed by atoms with Gasteiger partial charge in [-0.3, -0.25) is 4.90 Å². The lowest BCUT2D eigenvalue weighted by molar-refractivity contribution is 0.00465. The number of hydrogen-bond acceptors (Lipinski definition) is 10. The topological polar surface area (TPSA) is 101 Å². The fourth-order valence-electron chi connectivity index (χ4n) is 9.06. The van der Waals surface area contributed by atoms with Crippen molar-refractivity contribution in [2.24, 2.45) is 0 Å². The zero-order valence-electron chi connectivity index (χ0n) is 44.3. The van der Waals surface area contributed by atoms with E-state index in [0.717, 1.165) is 55.3 Å². The third-order valence-electron chi connectivity index (χ3n) is 14.8. The molecule has 0 spiro atoms. The Balaban J connectivity index is 0.000000240. The highest BCUT2D eigenvalue weighted by atomic mass is 16.7. The fourth-order valence-corrected chi connectivity index (χ4v) is 9.06. The van der Waals surface area contributed by atoms with Crippen LogP contribution in [0.2, 0.25) is 0 Å². The maximum absolute atomic E-state index is 10.2. The molecule has 10 nitrogen and oxygen atoms in total. The highest BCUT2D eigenvalue weighted by Gasteiger charge is 2.53. The minimum Gasteiger partial charge on any atom is -0.491 e. The van der Waals surface area contributed by atoms with E-state index in [1.54, 1.807) is 0 Å². The summed E-state index contributed by atoms with van der Waals surface area (Å²) in [5.41, 5.74) is 0.655. The molecule has 4 aliphatic heterocycles. The van der Waals surface area contributed by atoms with Crippen molar-refractivity contribution in [3.8, 4) is 11.5 Å². The molecule has 6 rings (SSSR count). The average molecular weight is 931 g/mol. The van der Waals surface area contributed by atoms with Crippen LogP contribution in [0.4, 0.5) is 0 Å². The second kappa shape index (κ2) is 28.7. The minimum atomic E-state index is -0.994. The van der Waals surface area contributed by atoms with E-state index in [0.29, 0.717) is 13.2 Å². The summed E-state index contributed by atoms with van der Waals surface area (Å²) in [5, 5.41) is 10.2. The molecule has 4 heterocycles. The SMILES string of the molecule is CC1(C)OB(c2ccc(OCC(O)CN3CCOCC3)cc2)OC1(C)C.CC1(C)OB(c2ccc(OCC3CO3)cc2)OC1(C)C.[B][B]B([B])B(B(B([B])[B])B([B])[B])B(B(B([B])[B])B([B])[B])B(B([B])[B])B([B])[B]. The number of epoxide rings is 1. The Morgan fingerprint density at radius 2 is 0.918 bits per heavy atom. The van der Waals surface area contributed by atoms with Crippen LogP contribution in [-0.2, 0) is 28.1 Å². The molecule has 4 saturated heterocycles. The predicted octanol–water partition coefficient (Wildman–Crippen LogP) is -7.46. The molecule has 1 N–H and O–H groups in total. The highest BCUT2D eigenvalue weighted by Crippen LogP contribution is 2.37. The van der Waals surface area contributed by atoms with Crippen molar-refractivity contribution >= 4 is 217 Å². The van der Waals surface area contributed by atoms with E-state index in [4.69, 9.17) is 146 Å². The summed E-state index contributed by atoms with van der Waals surface area (Å²) in [6.07, 6.45) is -10.8.